The van der Waals surface area contributed by atoms with E-state index in [1.54, 1.807) is 14.2 Å². The van der Waals surface area contributed by atoms with Crippen LogP contribution in [0.1, 0.15) is 21.6 Å². The number of aromatic nitrogens is 2. The normalized spacial score (nSPS) is 10.3. The maximum Gasteiger partial charge on any atom is 0.352 e. The van der Waals surface area contributed by atoms with Crippen molar-refractivity contribution in [2.75, 3.05) is 27.4 Å². The molecule has 3 aromatic rings. The Hall–Kier alpha value is -3.63. The minimum Gasteiger partial charge on any atom is -0.497 e. The smallest absolute Gasteiger partial charge is 0.352 e. The Balaban J connectivity index is 0.000000785. The van der Waals surface area contributed by atoms with Gasteiger partial charge in [-0.25, -0.2) is 9.59 Å². The van der Waals surface area contributed by atoms with Crippen LogP contribution in [0.15, 0.2) is 39.9 Å². The van der Waals surface area contributed by atoms with Gasteiger partial charge in [-0.05, 0) is 53.4 Å². The van der Waals surface area contributed by atoms with Gasteiger partial charge in [-0.1, -0.05) is 6.07 Å². The van der Waals surface area contributed by atoms with Gasteiger partial charge >= 0.3 is 11.7 Å². The lowest BCUT2D eigenvalue weighted by molar-refractivity contribution is 0.0688. The molecule has 0 saturated heterocycles. The minimum absolute atomic E-state index is 0.0129. The van der Waals surface area contributed by atoms with Crippen molar-refractivity contribution in [2.24, 2.45) is 5.73 Å². The summed E-state index contributed by atoms with van der Waals surface area (Å²) in [6, 6.07) is 9.42. The predicted molar refractivity (Wildman–Crippen MR) is 115 cm³/mol. The molecule has 1 heterocycles. The number of carboxylic acids is 1. The van der Waals surface area contributed by atoms with E-state index in [0.717, 1.165) is 22.1 Å². The van der Waals surface area contributed by atoms with E-state index in [2.05, 4.69) is 9.97 Å². The molecule has 0 aliphatic carbocycles. The molecule has 0 fully saturated rings. The molecule has 0 radical (unpaired) electrons. The molecular weight excluding hydrogens is 406 g/mol. The zero-order valence-electron chi connectivity index (χ0n) is 17.2. The molecule has 0 bridgehead atoms. The second-order valence-electron chi connectivity index (χ2n) is 6.46. The van der Waals surface area contributed by atoms with Gasteiger partial charge in [0, 0.05) is 12.1 Å². The van der Waals surface area contributed by atoms with Gasteiger partial charge < -0.3 is 30.4 Å². The third kappa shape index (κ3) is 5.93. The van der Waals surface area contributed by atoms with Gasteiger partial charge in [0.05, 0.1) is 20.8 Å². The molecule has 31 heavy (non-hydrogen) atoms. The van der Waals surface area contributed by atoms with Crippen molar-refractivity contribution >= 4 is 16.7 Å². The molecule has 0 spiro atoms. The minimum atomic E-state index is -1.36. The Morgan fingerprint density at radius 3 is 2.32 bits per heavy atom. The van der Waals surface area contributed by atoms with Gasteiger partial charge in [0.1, 0.15) is 17.2 Å². The predicted octanol–water partition coefficient (Wildman–Crippen LogP) is 0.654. The average molecular weight is 431 g/mol. The van der Waals surface area contributed by atoms with Crippen molar-refractivity contribution in [3.8, 4) is 11.5 Å². The van der Waals surface area contributed by atoms with Crippen LogP contribution in [0.3, 0.4) is 0 Å². The van der Waals surface area contributed by atoms with E-state index in [9.17, 15) is 19.5 Å². The number of carboxylic acid groups (broad SMARTS) is 1. The first kappa shape index (κ1) is 23.6. The zero-order valence-corrected chi connectivity index (χ0v) is 17.2. The van der Waals surface area contributed by atoms with Crippen LogP contribution < -0.4 is 26.5 Å². The molecule has 6 N–H and O–H groups in total. The maximum absolute atomic E-state index is 12.0. The summed E-state index contributed by atoms with van der Waals surface area (Å²) < 4.78 is 10.7. The van der Waals surface area contributed by atoms with Crippen LogP contribution in [-0.4, -0.2) is 53.5 Å². The van der Waals surface area contributed by atoms with Crippen molar-refractivity contribution in [1.29, 1.82) is 0 Å². The second-order valence-corrected chi connectivity index (χ2v) is 6.46. The van der Waals surface area contributed by atoms with E-state index < -0.39 is 22.9 Å². The molecule has 1 aromatic heterocycles. The fraction of sp³-hybridized carbons (Fsp3) is 0.286. The van der Waals surface area contributed by atoms with Crippen LogP contribution in [0.5, 0.6) is 11.5 Å². The number of H-pyrrole nitrogens is 2. The molecule has 10 nitrogen and oxygen atoms in total. The number of aliphatic hydroxyl groups is 1. The van der Waals surface area contributed by atoms with Crippen molar-refractivity contribution in [3.05, 3.63) is 68.0 Å². The number of nitrogens with two attached hydrogens (primary N) is 1. The van der Waals surface area contributed by atoms with Crippen LogP contribution in [0.25, 0.3) is 10.8 Å². The number of hydrogen-bond acceptors (Lipinski definition) is 7. The number of aryl methyl sites for hydroxylation is 1. The van der Waals surface area contributed by atoms with Crippen LogP contribution in [-0.2, 0) is 12.8 Å². The number of ether oxygens (including phenoxy) is 2. The first-order valence-electron chi connectivity index (χ1n) is 9.39. The molecule has 0 aliphatic rings. The Kier molecular flexibility index (Phi) is 8.35. The highest BCUT2D eigenvalue weighted by atomic mass is 16.5. The second kappa shape index (κ2) is 11.0. The first-order valence-corrected chi connectivity index (χ1v) is 9.39. The Bertz CT molecular complexity index is 1170. The lowest BCUT2D eigenvalue weighted by Crippen LogP contribution is -2.30. The van der Waals surface area contributed by atoms with Crippen LogP contribution in [0, 0.1) is 0 Å². The van der Waals surface area contributed by atoms with Crippen molar-refractivity contribution < 1.29 is 24.5 Å². The van der Waals surface area contributed by atoms with E-state index in [1.807, 2.05) is 30.3 Å². The van der Waals surface area contributed by atoms with Crippen molar-refractivity contribution in [2.45, 2.75) is 12.8 Å². The molecule has 0 amide bonds. The van der Waals surface area contributed by atoms with Gasteiger partial charge in [-0.3, -0.25) is 9.78 Å². The largest absolute Gasteiger partial charge is 0.497 e. The summed E-state index contributed by atoms with van der Waals surface area (Å²) >= 11 is 0. The highest BCUT2D eigenvalue weighted by Crippen LogP contribution is 2.29. The topological polar surface area (TPSA) is 168 Å². The monoisotopic (exact) mass is 431 g/mol. The summed E-state index contributed by atoms with van der Waals surface area (Å²) in [5.41, 5.74) is 3.66. The molecule has 0 aliphatic heterocycles. The Morgan fingerprint density at radius 1 is 1.03 bits per heavy atom. The quantitative estimate of drug-likeness (QED) is 0.363. The molecule has 0 atom stereocenters. The number of methoxy groups -OCH3 is 2. The van der Waals surface area contributed by atoms with E-state index >= 15 is 0 Å². The fourth-order valence-electron chi connectivity index (χ4n) is 3.01. The van der Waals surface area contributed by atoms with Gasteiger partial charge in [0.15, 0.2) is 0 Å². The summed E-state index contributed by atoms with van der Waals surface area (Å²) in [4.78, 5) is 38.9. The maximum atomic E-state index is 12.0. The molecule has 166 valence electrons. The van der Waals surface area contributed by atoms with E-state index in [4.69, 9.17) is 20.3 Å². The number of hydrogen-bond donors (Lipinski definition) is 5. The van der Waals surface area contributed by atoms with Gasteiger partial charge in [0.2, 0.25) is 0 Å². The van der Waals surface area contributed by atoms with Crippen LogP contribution in [0.4, 0.5) is 0 Å². The number of aromatic carboxylic acids is 1. The number of rotatable bonds is 7. The molecule has 0 saturated carbocycles. The third-order valence-electron chi connectivity index (χ3n) is 4.48. The number of benzene rings is 2. The molecular formula is C21H25N3O7. The van der Waals surface area contributed by atoms with Crippen LogP contribution >= 0.6 is 0 Å². The Labute approximate surface area is 177 Å². The summed E-state index contributed by atoms with van der Waals surface area (Å²) in [7, 11) is 3.13. The first-order chi connectivity index (χ1) is 14.8. The standard InChI is InChI=1S/C19H18N2O6.C2H7NO/c1-26-13-5-3-10-7-11(15(27-2)9-12(10)8-13)4-6-14-16(18(23)24)20-19(25)21-17(14)22;3-1-2-4/h3,5,7-9H,4,6H2,1-2H3,(H,23,24)(H2,20,21,22,25);4H,1-3H2. The van der Waals surface area contributed by atoms with Crippen molar-refractivity contribution in [3.63, 3.8) is 0 Å². The number of fused-ring (bicyclic) bond motifs is 1. The molecule has 2 aromatic carbocycles. The van der Waals surface area contributed by atoms with Crippen LogP contribution in [0.2, 0.25) is 0 Å². The molecule has 10 heteroatoms. The van der Waals surface area contributed by atoms with Gasteiger partial charge in [-0.15, -0.1) is 0 Å². The summed E-state index contributed by atoms with van der Waals surface area (Å²) in [6.07, 6.45) is 0.492. The van der Waals surface area contributed by atoms with Gasteiger partial charge in [-0.2, -0.15) is 0 Å². The number of aliphatic hydroxyl groups excluding tert-OH is 1. The van der Waals surface area contributed by atoms with E-state index in [1.165, 1.54) is 0 Å². The summed E-state index contributed by atoms with van der Waals surface area (Å²) in [5.74, 6) is -0.0116. The number of nitrogens with one attached hydrogen (secondary N) is 2. The highest BCUT2D eigenvalue weighted by Gasteiger charge is 2.16. The fourth-order valence-corrected chi connectivity index (χ4v) is 3.01. The number of carbonyl (C=O) groups is 1. The lowest BCUT2D eigenvalue weighted by Gasteiger charge is -2.12. The lowest BCUT2D eigenvalue weighted by atomic mass is 9.99. The van der Waals surface area contributed by atoms with Gasteiger partial charge in [0.25, 0.3) is 5.56 Å². The third-order valence-corrected chi connectivity index (χ3v) is 4.48. The van der Waals surface area contributed by atoms with E-state index in [0.29, 0.717) is 18.7 Å². The zero-order chi connectivity index (χ0) is 23.0. The van der Waals surface area contributed by atoms with Crippen molar-refractivity contribution in [1.82, 2.24) is 9.97 Å². The average Bonchev–Trinajstić information content (AvgIpc) is 2.77. The number of aromatic amines is 2. The molecule has 0 unspecified atom stereocenters. The van der Waals surface area contributed by atoms with E-state index in [-0.39, 0.29) is 18.6 Å². The highest BCUT2D eigenvalue weighted by molar-refractivity contribution is 5.87. The Morgan fingerprint density at radius 2 is 1.74 bits per heavy atom. The molecule has 3 rings (SSSR count). The SMILES string of the molecule is COc1ccc2cc(CCc3c(C(=O)O)[nH]c(=O)[nH]c3=O)c(OC)cc2c1.NCCO. The summed E-state index contributed by atoms with van der Waals surface area (Å²) in [6.45, 7) is 0.472. The summed E-state index contributed by atoms with van der Waals surface area (Å²) in [5, 5.41) is 18.9.